The topological polar surface area (TPSA) is 650 Å². The highest BCUT2D eigenvalue weighted by molar-refractivity contribution is 5.76. The molecule has 7 saturated heterocycles. The molecule has 7 aliphatic rings. The van der Waals surface area contributed by atoms with Gasteiger partial charge in [-0.15, -0.1) is 0 Å². The molecule has 0 aromatic heterocycles. The van der Waals surface area contributed by atoms with Crippen molar-refractivity contribution < 1.29 is 188 Å². The molecule has 0 spiro atoms. The van der Waals surface area contributed by atoms with E-state index in [1.165, 1.54) is 135 Å². The van der Waals surface area contributed by atoms with Crippen molar-refractivity contribution in [2.45, 2.75) is 480 Å². The van der Waals surface area contributed by atoms with Crippen molar-refractivity contribution in [3.8, 4) is 0 Å². The van der Waals surface area contributed by atoms with Crippen molar-refractivity contribution in [1.82, 2.24) is 21.3 Å². The zero-order valence-corrected chi connectivity index (χ0v) is 78.7. The van der Waals surface area contributed by atoms with Crippen molar-refractivity contribution in [3.63, 3.8) is 0 Å². The molecule has 0 aromatic rings. The molecular weight excluding hydrogens is 1770 g/mol. The van der Waals surface area contributed by atoms with Crippen LogP contribution in [0.1, 0.15) is 253 Å². The maximum Gasteiger partial charge on any atom is 0.220 e. The first kappa shape index (κ1) is 117. The van der Waals surface area contributed by atoms with E-state index in [-0.39, 0.29) is 12.3 Å². The molecule has 780 valence electrons. The van der Waals surface area contributed by atoms with E-state index >= 15 is 0 Å². The minimum Gasteiger partial charge on any atom is -0.394 e. The second-order valence-electron chi connectivity index (χ2n) is 36.7. The monoisotopic (exact) mass is 1930 g/mol. The molecule has 14 unspecified atom stereocenters. The Kier molecular flexibility index (Phi) is 55.1. The maximum atomic E-state index is 13.7. The number of amides is 4. The second kappa shape index (κ2) is 63.1. The molecule has 42 nitrogen and oxygen atoms in total. The summed E-state index contributed by atoms with van der Waals surface area (Å²) in [6, 6.07) is -6.70. The number of aliphatic hydroxyl groups is 20. The maximum absolute atomic E-state index is 13.7. The van der Waals surface area contributed by atoms with Crippen LogP contribution in [0.5, 0.6) is 0 Å². The van der Waals surface area contributed by atoms with E-state index in [9.17, 15) is 121 Å². The molecule has 7 heterocycles. The second-order valence-corrected chi connectivity index (χ2v) is 36.7. The van der Waals surface area contributed by atoms with E-state index in [1.54, 1.807) is 6.08 Å². The van der Waals surface area contributed by atoms with Crippen molar-refractivity contribution in [3.05, 3.63) is 24.3 Å². The zero-order chi connectivity index (χ0) is 97.9. The van der Waals surface area contributed by atoms with Gasteiger partial charge < -0.3 is 190 Å². The van der Waals surface area contributed by atoms with Gasteiger partial charge in [-0.1, -0.05) is 205 Å². The van der Waals surface area contributed by atoms with Crippen LogP contribution < -0.4 is 21.3 Å². The first-order valence-corrected chi connectivity index (χ1v) is 49.1. The molecule has 0 saturated carbocycles. The summed E-state index contributed by atoms with van der Waals surface area (Å²) in [5, 5.41) is 236. The molecule has 7 rings (SSSR count). The summed E-state index contributed by atoms with van der Waals surface area (Å²) in [7, 11) is 0. The van der Waals surface area contributed by atoms with Gasteiger partial charge in [0.25, 0.3) is 0 Å². The van der Waals surface area contributed by atoms with E-state index in [0.29, 0.717) is 12.8 Å². The third kappa shape index (κ3) is 36.1. The highest BCUT2D eigenvalue weighted by atomic mass is 16.8. The van der Waals surface area contributed by atoms with Gasteiger partial charge in [0.1, 0.15) is 171 Å². The van der Waals surface area contributed by atoms with Gasteiger partial charge in [-0.25, -0.2) is 0 Å². The van der Waals surface area contributed by atoms with Gasteiger partial charge in [0.15, 0.2) is 44.0 Å². The average Bonchev–Trinajstić information content (AvgIpc) is 0.745. The Balaban J connectivity index is 1.05. The molecule has 24 N–H and O–H groups in total. The summed E-state index contributed by atoms with van der Waals surface area (Å²) in [4.78, 5) is 53.0. The van der Waals surface area contributed by atoms with Crippen molar-refractivity contribution in [1.29, 1.82) is 0 Å². The fourth-order valence-electron chi connectivity index (χ4n) is 18.1. The first-order valence-electron chi connectivity index (χ1n) is 49.1. The number of allylic oxidation sites excluding steroid dienone is 3. The van der Waals surface area contributed by atoms with Crippen LogP contribution in [-0.4, -0.2) is 406 Å². The van der Waals surface area contributed by atoms with Gasteiger partial charge >= 0.3 is 0 Å². The molecule has 0 bridgehead atoms. The zero-order valence-electron chi connectivity index (χ0n) is 78.7. The Morgan fingerprint density at radius 3 is 0.993 bits per heavy atom. The van der Waals surface area contributed by atoms with Crippen LogP contribution in [0.3, 0.4) is 0 Å². The standard InChI is InChI=1S/C92H164N4O38/c1-6-8-10-12-14-16-18-20-21-22-23-24-25-26-27-28-29-31-33-35-37-39-41-43-64(108)96-55(56(107)42-40-38-36-34-32-30-19-17-15-13-11-9-7-2)51-121-89-77(118)74(115)80(61(48-101)126-89)129-91-78(119)75(116)81(62(49-102)127-91)130-92-79(120)85(134-88-66(94-53(4)105)83(70(111)59(46-99)124-88)132-86-65(93-52(3)104)72(113)68(109)57(44-97)122-86)82(63(50-103)128-92)131-87-67(95-54(5)106)84(71(112)60(47-100)123-87)133-90-76(117)73(114)69(110)58(45-98)125-90/h20-21,40,42,55-63,65-92,97-103,107,109-120H,6-19,22-39,41,43-51H2,1-5H3,(H,93,104)(H,94,105)(H,95,106)(H,96,108)/b21-20-,42-40+/t55-,56+,57?,58?,59?,60?,61?,62?,63?,65?,66?,67?,68-,69-,70-,71-,72+,73-,74+,75+,76?,77?,78?,79?,80+,81-,82-,83+,84+,85+,86+,87-,88-,89+,90-,91-,92-/m0/s1. The van der Waals surface area contributed by atoms with Gasteiger partial charge in [0, 0.05) is 27.2 Å². The van der Waals surface area contributed by atoms with E-state index in [2.05, 4.69) is 47.3 Å². The SMILES string of the molecule is CCCCCCCC/C=C\CCCCCCCCCCCCCCCC(=O)N[C@@H](CO[C@@H]1OC(CO)[C@@H](O[C@@H]2OC(CO)[C@H](O[C@@H]3OC(CO)[C@H](O[C@@H]4OC(CO)[C@H](O)[C@H](O[C@@H]5OC(CO)[C@H](O)[C@H](O)C5O)C4NC(C)=O)[C@H](O[C@@H]4OC(CO)[C@H](O)[C@H](O[C@H]5OC(CO)[C@H](O)[C@H](O)C5NC(C)=O)C4NC(C)=O)C3O)[C@H](O)C2O)[C@H](O)C1O)[C@H](O)/C=C/CCCCCCCCCCCCC. The molecule has 37 atom stereocenters. The van der Waals surface area contributed by atoms with Crippen molar-refractivity contribution >= 4 is 23.6 Å². The smallest absolute Gasteiger partial charge is 0.220 e. The molecule has 0 radical (unpaired) electrons. The first-order chi connectivity index (χ1) is 64.4. The van der Waals surface area contributed by atoms with Crippen LogP contribution in [0.2, 0.25) is 0 Å². The number of rotatable bonds is 63. The lowest BCUT2D eigenvalue weighted by molar-refractivity contribution is -0.400. The number of carbonyl (C=O) groups excluding carboxylic acids is 4. The number of hydrogen-bond acceptors (Lipinski definition) is 38. The van der Waals surface area contributed by atoms with E-state index in [4.69, 9.17) is 66.3 Å². The lowest BCUT2D eigenvalue weighted by atomic mass is 9.93. The molecular formula is C92H164N4O38. The molecule has 134 heavy (non-hydrogen) atoms. The fourth-order valence-corrected chi connectivity index (χ4v) is 18.1. The highest BCUT2D eigenvalue weighted by Crippen LogP contribution is 2.40. The summed E-state index contributed by atoms with van der Waals surface area (Å²) in [5.41, 5.74) is 0. The summed E-state index contributed by atoms with van der Waals surface area (Å²) in [6.07, 6.45) is -20.2. The number of aliphatic hydroxyl groups excluding tert-OH is 20. The van der Waals surface area contributed by atoms with Crippen molar-refractivity contribution in [2.75, 3.05) is 52.9 Å². The van der Waals surface area contributed by atoms with Gasteiger partial charge in [0.2, 0.25) is 23.6 Å². The van der Waals surface area contributed by atoms with E-state index in [1.807, 2.05) is 6.08 Å². The van der Waals surface area contributed by atoms with Crippen LogP contribution in [-0.2, 0) is 85.5 Å². The number of nitrogens with one attached hydrogen (secondary N) is 4. The van der Waals surface area contributed by atoms with Gasteiger partial charge in [-0.05, 0) is 44.9 Å². The average molecular weight is 1930 g/mol. The van der Waals surface area contributed by atoms with Gasteiger partial charge in [-0.3, -0.25) is 19.2 Å². The molecule has 0 aliphatic carbocycles. The van der Waals surface area contributed by atoms with Crippen LogP contribution in [0.25, 0.3) is 0 Å². The highest BCUT2D eigenvalue weighted by Gasteiger charge is 2.61. The van der Waals surface area contributed by atoms with E-state index in [0.717, 1.165) is 85.0 Å². The Bertz CT molecular complexity index is 3260. The molecule has 4 amide bonds. The number of carbonyl (C=O) groups is 4. The quantitative estimate of drug-likeness (QED) is 0.0242. The Morgan fingerprint density at radius 1 is 0.291 bits per heavy atom. The fraction of sp³-hybridized carbons (Fsp3) is 0.913. The normalized spacial score (nSPS) is 36.5. The third-order valence-electron chi connectivity index (χ3n) is 25.9. The lowest BCUT2D eigenvalue weighted by Gasteiger charge is -2.52. The van der Waals surface area contributed by atoms with Gasteiger partial charge in [-0.2, -0.15) is 0 Å². The number of ether oxygens (including phenoxy) is 14. The Hall–Kier alpha value is -4.00. The minimum absolute atomic E-state index is 0.146. The third-order valence-corrected chi connectivity index (χ3v) is 25.9. The van der Waals surface area contributed by atoms with Crippen LogP contribution >= 0.6 is 0 Å². The number of hydrogen-bond donors (Lipinski definition) is 24. The molecule has 42 heteroatoms. The van der Waals surface area contributed by atoms with Crippen LogP contribution in [0, 0.1) is 0 Å². The van der Waals surface area contributed by atoms with Crippen LogP contribution in [0.15, 0.2) is 24.3 Å². The summed E-state index contributed by atoms with van der Waals surface area (Å²) in [5.74, 6) is -3.07. The molecule has 7 aliphatic heterocycles. The number of unbranched alkanes of at least 4 members (excludes halogenated alkanes) is 30. The predicted molar refractivity (Wildman–Crippen MR) is 475 cm³/mol. The van der Waals surface area contributed by atoms with E-state index < -0.39 is 297 Å². The largest absolute Gasteiger partial charge is 0.394 e. The molecule has 7 fully saturated rings. The summed E-state index contributed by atoms with van der Waals surface area (Å²) < 4.78 is 85.3. The summed E-state index contributed by atoms with van der Waals surface area (Å²) in [6.45, 7) is -0.636. The molecule has 0 aromatic carbocycles. The lowest BCUT2D eigenvalue weighted by Crippen LogP contribution is -2.72. The van der Waals surface area contributed by atoms with Crippen molar-refractivity contribution in [2.24, 2.45) is 0 Å². The van der Waals surface area contributed by atoms with Crippen LogP contribution in [0.4, 0.5) is 0 Å². The predicted octanol–water partition coefficient (Wildman–Crippen LogP) is -1.56. The Morgan fingerprint density at radius 2 is 0.582 bits per heavy atom. The Labute approximate surface area is 786 Å². The minimum atomic E-state index is -2.51. The van der Waals surface area contributed by atoms with Gasteiger partial charge in [0.05, 0.1) is 65.0 Å². The summed E-state index contributed by atoms with van der Waals surface area (Å²) >= 11 is 0.